The van der Waals surface area contributed by atoms with Crippen LogP contribution in [0.4, 0.5) is 0 Å². The van der Waals surface area contributed by atoms with E-state index < -0.39 is 14.0 Å². The highest BCUT2D eigenvalue weighted by Crippen LogP contribution is 2.19. The van der Waals surface area contributed by atoms with E-state index >= 15 is 0 Å². The Morgan fingerprint density at radius 2 is 1.86 bits per heavy atom. The minimum atomic E-state index is -3.29. The molecule has 1 aromatic carbocycles. The summed E-state index contributed by atoms with van der Waals surface area (Å²) >= 11 is 3.02. The third-order valence-electron chi connectivity index (χ3n) is 1.74. The lowest BCUT2D eigenvalue weighted by molar-refractivity contribution is 0.595. The third-order valence-corrected chi connectivity index (χ3v) is 5.00. The molecule has 0 N–H and O–H groups in total. The first-order valence-corrected chi connectivity index (χ1v) is 6.33. The molecule has 0 bridgehead atoms. The number of sulfone groups is 1. The van der Waals surface area contributed by atoms with E-state index in [9.17, 15) is 8.42 Å². The number of hydrogen-bond acceptors (Lipinski definition) is 3. The zero-order valence-corrected chi connectivity index (χ0v) is 9.84. The number of halogens is 1. The smallest absolute Gasteiger partial charge is 0.190 e. The van der Waals surface area contributed by atoms with Crippen molar-refractivity contribution in [2.75, 3.05) is 0 Å². The van der Waals surface area contributed by atoms with Crippen LogP contribution in [0.15, 0.2) is 29.2 Å². The Hall–Kier alpha value is -0.860. The van der Waals surface area contributed by atoms with Crippen molar-refractivity contribution in [3.63, 3.8) is 0 Å². The van der Waals surface area contributed by atoms with Gasteiger partial charge in [-0.05, 0) is 31.2 Å². The minimum absolute atomic E-state index is 0.223. The van der Waals surface area contributed by atoms with Crippen LogP contribution in [0, 0.1) is 11.3 Å². The van der Waals surface area contributed by atoms with Crippen molar-refractivity contribution in [1.29, 1.82) is 5.26 Å². The number of nitrogens with zero attached hydrogens (tertiary/aromatic N) is 1. The topological polar surface area (TPSA) is 57.9 Å². The van der Waals surface area contributed by atoms with Crippen LogP contribution in [0.1, 0.15) is 12.5 Å². The maximum atomic E-state index is 11.6. The van der Waals surface area contributed by atoms with Crippen LogP contribution in [0.25, 0.3) is 0 Å². The predicted molar refractivity (Wildman–Crippen MR) is 56.7 cm³/mol. The Morgan fingerprint density at radius 3 is 2.21 bits per heavy atom. The molecule has 5 heteroatoms. The summed E-state index contributed by atoms with van der Waals surface area (Å²) in [7, 11) is -3.29. The van der Waals surface area contributed by atoms with Gasteiger partial charge in [-0.25, -0.2) is 8.42 Å². The molecule has 0 spiro atoms. The van der Waals surface area contributed by atoms with Crippen LogP contribution in [0.3, 0.4) is 0 Å². The molecule has 0 fully saturated rings. The first kappa shape index (κ1) is 11.2. The summed E-state index contributed by atoms with van der Waals surface area (Å²) in [5.74, 6) is 0. The van der Waals surface area contributed by atoms with Gasteiger partial charge in [0.05, 0.1) is 16.5 Å². The van der Waals surface area contributed by atoms with Gasteiger partial charge >= 0.3 is 0 Å². The molecule has 0 saturated carbocycles. The number of hydrogen-bond donors (Lipinski definition) is 0. The molecule has 0 aliphatic carbocycles. The minimum Gasteiger partial charge on any atom is -0.223 e. The molecular weight excluding hydrogens is 266 g/mol. The maximum Gasteiger partial charge on any atom is 0.190 e. The summed E-state index contributed by atoms with van der Waals surface area (Å²) in [6.45, 7) is 1.55. The van der Waals surface area contributed by atoms with Gasteiger partial charge in [-0.1, -0.05) is 15.9 Å². The first-order chi connectivity index (χ1) is 6.48. The van der Waals surface area contributed by atoms with Crippen LogP contribution in [-0.2, 0) is 9.84 Å². The highest BCUT2D eigenvalue weighted by molar-refractivity contribution is 9.11. The summed E-state index contributed by atoms with van der Waals surface area (Å²) in [6.07, 6.45) is 0. The second-order valence-corrected chi connectivity index (χ2v) is 6.97. The van der Waals surface area contributed by atoms with E-state index in [1.54, 1.807) is 6.92 Å². The Balaban J connectivity index is 3.18. The lowest BCUT2D eigenvalue weighted by Crippen LogP contribution is -2.10. The van der Waals surface area contributed by atoms with Gasteiger partial charge in [0.15, 0.2) is 9.84 Å². The molecule has 0 saturated heterocycles. The molecule has 0 unspecified atom stereocenters. The molecule has 1 atom stereocenters. The predicted octanol–water partition coefficient (Wildman–Crippen LogP) is 2.07. The van der Waals surface area contributed by atoms with Crippen molar-refractivity contribution >= 4 is 25.8 Å². The summed E-state index contributed by atoms with van der Waals surface area (Å²) in [4.78, 5) is 0.223. The maximum absolute atomic E-state index is 11.6. The summed E-state index contributed by atoms with van der Waals surface area (Å²) in [5, 5.41) is 8.53. The number of nitriles is 1. The molecule has 1 rings (SSSR count). The average Bonchev–Trinajstić information content (AvgIpc) is 2.17. The number of alkyl halides is 1. The van der Waals surface area contributed by atoms with Crippen molar-refractivity contribution in [1.82, 2.24) is 0 Å². The Morgan fingerprint density at radius 1 is 1.36 bits per heavy atom. The monoisotopic (exact) mass is 273 g/mol. The lowest BCUT2D eigenvalue weighted by Gasteiger charge is -2.05. The molecule has 0 radical (unpaired) electrons. The molecule has 0 amide bonds. The van der Waals surface area contributed by atoms with Gasteiger partial charge < -0.3 is 0 Å². The highest BCUT2D eigenvalue weighted by Gasteiger charge is 2.19. The van der Waals surface area contributed by atoms with E-state index in [-0.39, 0.29) is 4.90 Å². The Bertz CT molecular complexity index is 457. The largest absolute Gasteiger partial charge is 0.223 e. The average molecular weight is 274 g/mol. The standard InChI is InChI=1S/C9H8BrNO2S/c1-7(10)14(12,13)9-4-2-8(6-11)3-5-9/h2-5,7H,1H3/t7-/m1/s1. The van der Waals surface area contributed by atoms with Crippen molar-refractivity contribution < 1.29 is 8.42 Å². The molecule has 0 aliphatic rings. The summed E-state index contributed by atoms with van der Waals surface area (Å²) in [6, 6.07) is 7.78. The molecule has 0 aromatic heterocycles. The van der Waals surface area contributed by atoms with Crippen LogP contribution < -0.4 is 0 Å². The molecule has 3 nitrogen and oxygen atoms in total. The van der Waals surface area contributed by atoms with Crippen molar-refractivity contribution in [3.05, 3.63) is 29.8 Å². The van der Waals surface area contributed by atoms with E-state index in [0.29, 0.717) is 5.56 Å². The summed E-state index contributed by atoms with van der Waals surface area (Å²) in [5.41, 5.74) is 0.450. The zero-order chi connectivity index (χ0) is 10.8. The third kappa shape index (κ3) is 2.14. The van der Waals surface area contributed by atoms with Gasteiger partial charge in [-0.2, -0.15) is 5.26 Å². The fourth-order valence-electron chi connectivity index (χ4n) is 0.907. The van der Waals surface area contributed by atoms with Gasteiger partial charge in [0, 0.05) is 0 Å². The van der Waals surface area contributed by atoms with Crippen LogP contribution in [0.2, 0.25) is 0 Å². The van der Waals surface area contributed by atoms with Crippen molar-refractivity contribution in [3.8, 4) is 6.07 Å². The SMILES string of the molecule is C[C@H](Br)S(=O)(=O)c1ccc(C#N)cc1. The van der Waals surface area contributed by atoms with Crippen LogP contribution in [-0.4, -0.2) is 12.6 Å². The van der Waals surface area contributed by atoms with Crippen LogP contribution in [0.5, 0.6) is 0 Å². The Kier molecular flexibility index (Phi) is 3.29. The number of benzene rings is 1. The van der Waals surface area contributed by atoms with Gasteiger partial charge in [0.25, 0.3) is 0 Å². The fraction of sp³-hybridized carbons (Fsp3) is 0.222. The van der Waals surface area contributed by atoms with Crippen molar-refractivity contribution in [2.24, 2.45) is 0 Å². The highest BCUT2D eigenvalue weighted by atomic mass is 79.9. The van der Waals surface area contributed by atoms with Gasteiger partial charge in [-0.3, -0.25) is 0 Å². The molecule has 14 heavy (non-hydrogen) atoms. The molecule has 74 valence electrons. The molecule has 1 aromatic rings. The zero-order valence-electron chi connectivity index (χ0n) is 7.44. The van der Waals surface area contributed by atoms with E-state index in [1.165, 1.54) is 24.3 Å². The lowest BCUT2D eigenvalue weighted by atomic mass is 10.2. The Labute approximate surface area is 91.4 Å². The van der Waals surface area contributed by atoms with E-state index in [2.05, 4.69) is 15.9 Å². The normalized spacial score (nSPS) is 13.2. The first-order valence-electron chi connectivity index (χ1n) is 3.86. The van der Waals surface area contributed by atoms with E-state index in [4.69, 9.17) is 5.26 Å². The molecule has 0 aliphatic heterocycles. The second-order valence-electron chi connectivity index (χ2n) is 2.72. The fourth-order valence-corrected chi connectivity index (χ4v) is 2.44. The van der Waals surface area contributed by atoms with Crippen molar-refractivity contribution in [2.45, 2.75) is 16.0 Å². The van der Waals surface area contributed by atoms with Gasteiger partial charge in [-0.15, -0.1) is 0 Å². The quantitative estimate of drug-likeness (QED) is 0.776. The van der Waals surface area contributed by atoms with Gasteiger partial charge in [0.2, 0.25) is 0 Å². The second kappa shape index (κ2) is 4.11. The number of rotatable bonds is 2. The van der Waals surface area contributed by atoms with Gasteiger partial charge in [0.1, 0.15) is 4.16 Å². The summed E-state index contributed by atoms with van der Waals surface area (Å²) < 4.78 is 22.6. The van der Waals surface area contributed by atoms with E-state index in [0.717, 1.165) is 0 Å². The molecular formula is C9H8BrNO2S. The van der Waals surface area contributed by atoms with E-state index in [1.807, 2.05) is 6.07 Å². The van der Waals surface area contributed by atoms with Crippen LogP contribution >= 0.6 is 15.9 Å². The molecule has 0 heterocycles.